The summed E-state index contributed by atoms with van der Waals surface area (Å²) >= 11 is 0. The lowest BCUT2D eigenvalue weighted by molar-refractivity contribution is 0.660. The van der Waals surface area contributed by atoms with Gasteiger partial charge in [0.15, 0.2) is 0 Å². The zero-order valence-electron chi connectivity index (χ0n) is 84.1. The zero-order chi connectivity index (χ0) is 100. The molecule has 23 aromatic rings. The predicted molar refractivity (Wildman–Crippen MR) is 631 cm³/mol. The molecular formula is C148H104N2. The Morgan fingerprint density at radius 2 is 0.360 bits per heavy atom. The Bertz CT molecular complexity index is 9420. The summed E-state index contributed by atoms with van der Waals surface area (Å²) in [5, 5.41) is 2.46. The van der Waals surface area contributed by atoms with Gasteiger partial charge in [-0.3, -0.25) is 0 Å². The molecule has 0 saturated heterocycles. The van der Waals surface area contributed by atoms with Crippen LogP contribution in [0.15, 0.2) is 535 Å². The van der Waals surface area contributed by atoms with E-state index in [1.165, 1.54) is 233 Å². The third-order valence-corrected chi connectivity index (χ3v) is 33.6. The van der Waals surface area contributed by atoms with E-state index in [1.807, 2.05) is 12.2 Å². The van der Waals surface area contributed by atoms with Gasteiger partial charge in [0.05, 0.1) is 10.8 Å². The fourth-order valence-electron chi connectivity index (χ4n) is 26.4. The lowest BCUT2D eigenvalue weighted by atomic mass is 9.70. The molecule has 2 heteroatoms. The second kappa shape index (κ2) is 35.1. The second-order valence-corrected chi connectivity index (χ2v) is 42.1. The van der Waals surface area contributed by atoms with Crippen molar-refractivity contribution in [1.29, 1.82) is 0 Å². The molecular weight excluding hydrogens is 1810 g/mol. The molecule has 2 unspecified atom stereocenters. The van der Waals surface area contributed by atoms with Crippen LogP contribution >= 0.6 is 0 Å². The normalized spacial score (nSPS) is 14.9. The molecule has 0 radical (unpaired) electrons. The van der Waals surface area contributed by atoms with Crippen molar-refractivity contribution in [3.8, 4) is 156 Å². The van der Waals surface area contributed by atoms with Crippen molar-refractivity contribution in [1.82, 2.24) is 0 Å². The van der Waals surface area contributed by atoms with Gasteiger partial charge >= 0.3 is 0 Å². The summed E-state index contributed by atoms with van der Waals surface area (Å²) in [5.74, 6) is 0. The summed E-state index contributed by atoms with van der Waals surface area (Å²) < 4.78 is 0. The number of hydrogen-bond donors (Lipinski definition) is 0. The van der Waals surface area contributed by atoms with Gasteiger partial charge < -0.3 is 9.80 Å². The standard InChI is InChI=1S/C76H53N.C72H51N/c1-4-49-17-16-20-53(45-49)54-33-40-67-64-24-11-14-27-70(64)76(73(67)46-54)71-28-15-12-25-65(71)68-41-34-55(47-74(68)76)60-44-43-59(61-21-8-9-22-62(60)61)52-31-37-57(38-32-52)77(56-35-29-51(30-36-56)50-18-6-5-7-19-50)58-39-42-66-63-23-10-13-26-69(63)75(2,3)72(66)48-58;1-4-47-15-14-18-53(43-47)55-34-41-64-61-21-10-13-24-67(61)72(70(64)45-55)66-23-12-9-20-60(66)63-40-33-54(44-69(63)72)52-27-25-49(26-28-52)51-31-37-57(38-32-51)73(56-35-29-50(30-36-56)48-16-6-5-7-17-48)58-39-42-62-59-19-8-11-22-65(59)71(2,3)68(62)46-58/h4-48H,1H2,2-3H3;4-46H,1H2,2-3H3. The van der Waals surface area contributed by atoms with Crippen molar-refractivity contribution in [2.24, 2.45) is 0 Å². The topological polar surface area (TPSA) is 6.48 Å². The molecule has 23 aromatic carbocycles. The minimum absolute atomic E-state index is 0.108. The Morgan fingerprint density at radius 1 is 0.147 bits per heavy atom. The molecule has 0 heterocycles. The Balaban J connectivity index is 0.000000144. The van der Waals surface area contributed by atoms with Gasteiger partial charge in [-0.05, 0) is 354 Å². The first-order valence-corrected chi connectivity index (χ1v) is 52.4. The van der Waals surface area contributed by atoms with Crippen molar-refractivity contribution >= 4 is 57.0 Å². The maximum absolute atomic E-state index is 4.08. The van der Waals surface area contributed by atoms with Gasteiger partial charge in [0.2, 0.25) is 0 Å². The fourth-order valence-corrected chi connectivity index (χ4v) is 26.4. The van der Waals surface area contributed by atoms with Crippen molar-refractivity contribution in [2.75, 3.05) is 9.80 Å². The minimum Gasteiger partial charge on any atom is -0.310 e. The molecule has 150 heavy (non-hydrogen) atoms. The first-order valence-electron chi connectivity index (χ1n) is 52.4. The summed E-state index contributed by atoms with van der Waals surface area (Å²) in [6.07, 6.45) is 3.86. The quantitative estimate of drug-likeness (QED) is 0.0951. The zero-order valence-corrected chi connectivity index (χ0v) is 84.1. The lowest BCUT2D eigenvalue weighted by Crippen LogP contribution is -2.26. The van der Waals surface area contributed by atoms with Crippen LogP contribution in [0.2, 0.25) is 0 Å². The van der Waals surface area contributed by atoms with E-state index in [2.05, 4.69) is 572 Å². The molecule has 2 spiro atoms. The Kier molecular flexibility index (Phi) is 20.8. The van der Waals surface area contributed by atoms with Crippen LogP contribution in [0.3, 0.4) is 0 Å². The fraction of sp³-hybridized carbons (Fsp3) is 0.0541. The molecule has 0 aliphatic heterocycles. The molecule has 0 aromatic heterocycles. The third kappa shape index (κ3) is 13.9. The van der Waals surface area contributed by atoms with Crippen molar-refractivity contribution < 1.29 is 0 Å². The van der Waals surface area contributed by atoms with E-state index in [1.54, 1.807) is 0 Å². The molecule has 0 fully saturated rings. The maximum atomic E-state index is 4.08. The monoisotopic (exact) mass is 1910 g/mol. The van der Waals surface area contributed by atoms with Gasteiger partial charge in [-0.15, -0.1) is 0 Å². The van der Waals surface area contributed by atoms with E-state index < -0.39 is 10.8 Å². The van der Waals surface area contributed by atoms with Gasteiger partial charge in [0.1, 0.15) is 0 Å². The Labute approximate surface area is 878 Å². The number of nitrogens with zero attached hydrogens (tertiary/aromatic N) is 2. The second-order valence-electron chi connectivity index (χ2n) is 42.1. The number of rotatable bonds is 16. The molecule has 6 aliphatic rings. The molecule has 29 rings (SSSR count). The van der Waals surface area contributed by atoms with Crippen LogP contribution in [0.1, 0.15) is 106 Å². The molecule has 706 valence electrons. The van der Waals surface area contributed by atoms with Gasteiger partial charge in [-0.1, -0.05) is 466 Å². The molecule has 2 atom stereocenters. The molecule has 0 N–H and O–H groups in total. The smallest absolute Gasteiger partial charge is 0.0725 e. The van der Waals surface area contributed by atoms with Crippen molar-refractivity contribution in [3.63, 3.8) is 0 Å². The summed E-state index contributed by atoms with van der Waals surface area (Å²) in [4.78, 5) is 4.82. The largest absolute Gasteiger partial charge is 0.310 e. The Morgan fingerprint density at radius 3 is 0.707 bits per heavy atom. The van der Waals surface area contributed by atoms with E-state index >= 15 is 0 Å². The van der Waals surface area contributed by atoms with E-state index in [0.29, 0.717) is 0 Å². The summed E-state index contributed by atoms with van der Waals surface area (Å²) in [6.45, 7) is 17.6. The average molecular weight is 1910 g/mol. The lowest BCUT2D eigenvalue weighted by Gasteiger charge is -2.31. The van der Waals surface area contributed by atoms with Gasteiger partial charge in [0.25, 0.3) is 0 Å². The third-order valence-electron chi connectivity index (χ3n) is 33.6. The van der Waals surface area contributed by atoms with Crippen LogP contribution in [0.25, 0.3) is 179 Å². The SMILES string of the molecule is C=Cc1cccc(-c2ccc3c(c2)C2(c4ccccc4-3)c3ccccc3-c3ccc(-c4ccc(-c5ccc(N(c6ccc(-c7ccccc7)cc6)c6ccc7c(c6)C(C)(C)c6ccccc6-7)cc5)c5ccccc45)cc32)c1.C=Cc1cccc(-c2ccc3c(c2)C2(c4ccccc4-c4ccc(-c5ccc(-c6ccc(N(c7ccc(-c8ccccc8)cc7)c7ccc8c(c7)C(C)(C)c7ccccc7-8)cc6)cc5)cc42)c2ccccc2-3)c1. The molecule has 6 aliphatic carbocycles. The highest BCUT2D eigenvalue weighted by Crippen LogP contribution is 2.67. The van der Waals surface area contributed by atoms with E-state index in [4.69, 9.17) is 0 Å². The minimum atomic E-state index is -0.490. The van der Waals surface area contributed by atoms with Gasteiger partial charge in [0, 0.05) is 45.0 Å². The van der Waals surface area contributed by atoms with Crippen LogP contribution < -0.4 is 9.80 Å². The number of anilines is 6. The molecule has 0 bridgehead atoms. The van der Waals surface area contributed by atoms with Crippen LogP contribution in [0.4, 0.5) is 34.1 Å². The highest BCUT2D eigenvalue weighted by atomic mass is 15.1. The summed E-state index contributed by atoms with van der Waals surface area (Å²) in [6, 6.07) is 195. The predicted octanol–water partition coefficient (Wildman–Crippen LogP) is 39.4. The number of hydrogen-bond acceptors (Lipinski definition) is 2. The average Bonchev–Trinajstić information content (AvgIpc) is 1.51. The van der Waals surface area contributed by atoms with E-state index in [0.717, 1.165) is 45.3 Å². The van der Waals surface area contributed by atoms with E-state index in [9.17, 15) is 0 Å². The molecule has 0 amide bonds. The van der Waals surface area contributed by atoms with Gasteiger partial charge in [-0.25, -0.2) is 0 Å². The molecule has 0 saturated carbocycles. The van der Waals surface area contributed by atoms with Crippen LogP contribution in [-0.2, 0) is 21.7 Å². The molecule has 2 nitrogen and oxygen atoms in total. The van der Waals surface area contributed by atoms with Crippen LogP contribution in [0, 0.1) is 0 Å². The highest BCUT2D eigenvalue weighted by Gasteiger charge is 2.54. The number of fused-ring (bicyclic) bond motifs is 27. The number of benzene rings is 23. The highest BCUT2D eigenvalue weighted by molar-refractivity contribution is 6.07. The maximum Gasteiger partial charge on any atom is 0.0725 e. The Hall–Kier alpha value is -18.6. The van der Waals surface area contributed by atoms with Crippen LogP contribution in [-0.4, -0.2) is 0 Å². The first kappa shape index (κ1) is 89.1. The van der Waals surface area contributed by atoms with Crippen molar-refractivity contribution in [2.45, 2.75) is 49.4 Å². The van der Waals surface area contributed by atoms with Crippen LogP contribution in [0.5, 0.6) is 0 Å². The van der Waals surface area contributed by atoms with E-state index in [-0.39, 0.29) is 10.8 Å². The first-order chi connectivity index (χ1) is 73.8. The summed E-state index contributed by atoms with van der Waals surface area (Å²) in [5.41, 5.74) is 58.9. The summed E-state index contributed by atoms with van der Waals surface area (Å²) in [7, 11) is 0. The van der Waals surface area contributed by atoms with Gasteiger partial charge in [-0.2, -0.15) is 0 Å². The van der Waals surface area contributed by atoms with Crippen molar-refractivity contribution in [3.05, 3.63) is 613 Å².